The SMILES string of the molecule is Cc1ccc(C#N)cc1Oc1cc(Cl)nc(C(F)(F)F)n1. The van der Waals surface area contributed by atoms with Crippen LogP contribution in [0.3, 0.4) is 0 Å². The number of ether oxygens (including phenoxy) is 1. The third-order valence-electron chi connectivity index (χ3n) is 2.46. The average molecular weight is 314 g/mol. The molecule has 0 saturated carbocycles. The fourth-order valence-electron chi connectivity index (χ4n) is 1.47. The van der Waals surface area contributed by atoms with Crippen molar-refractivity contribution >= 4 is 11.6 Å². The normalized spacial score (nSPS) is 11.0. The van der Waals surface area contributed by atoms with Gasteiger partial charge in [-0.3, -0.25) is 0 Å². The van der Waals surface area contributed by atoms with Crippen molar-refractivity contribution in [1.82, 2.24) is 9.97 Å². The number of aryl methyl sites for hydroxylation is 1. The molecule has 0 aliphatic rings. The van der Waals surface area contributed by atoms with Gasteiger partial charge in [-0.05, 0) is 24.6 Å². The van der Waals surface area contributed by atoms with Crippen molar-refractivity contribution in [1.29, 1.82) is 5.26 Å². The molecular formula is C13H7ClF3N3O. The zero-order valence-corrected chi connectivity index (χ0v) is 11.3. The molecule has 8 heteroatoms. The van der Waals surface area contributed by atoms with Gasteiger partial charge in [-0.2, -0.15) is 23.4 Å². The fraction of sp³-hybridized carbons (Fsp3) is 0.154. The molecule has 1 aromatic carbocycles. The molecule has 108 valence electrons. The monoisotopic (exact) mass is 313 g/mol. The van der Waals surface area contributed by atoms with E-state index in [0.29, 0.717) is 11.1 Å². The van der Waals surface area contributed by atoms with Crippen LogP contribution in [-0.2, 0) is 6.18 Å². The summed E-state index contributed by atoms with van der Waals surface area (Å²) < 4.78 is 43.1. The summed E-state index contributed by atoms with van der Waals surface area (Å²) in [7, 11) is 0. The number of nitrogens with zero attached hydrogens (tertiary/aromatic N) is 3. The molecule has 0 atom stereocenters. The minimum atomic E-state index is -4.73. The summed E-state index contributed by atoms with van der Waals surface area (Å²) in [5, 5.41) is 8.43. The lowest BCUT2D eigenvalue weighted by molar-refractivity contribution is -0.145. The van der Waals surface area contributed by atoms with Crippen LogP contribution in [0.25, 0.3) is 0 Å². The maximum atomic E-state index is 12.6. The van der Waals surface area contributed by atoms with Crippen LogP contribution < -0.4 is 4.74 Å². The summed E-state index contributed by atoms with van der Waals surface area (Å²) in [5.74, 6) is -1.52. The molecule has 4 nitrogen and oxygen atoms in total. The van der Waals surface area contributed by atoms with E-state index in [9.17, 15) is 13.2 Å². The van der Waals surface area contributed by atoms with E-state index in [1.807, 2.05) is 6.07 Å². The summed E-state index contributed by atoms with van der Waals surface area (Å²) >= 11 is 5.54. The van der Waals surface area contributed by atoms with Crippen LogP contribution in [0.2, 0.25) is 5.15 Å². The van der Waals surface area contributed by atoms with E-state index in [2.05, 4.69) is 9.97 Å². The van der Waals surface area contributed by atoms with E-state index in [1.54, 1.807) is 19.1 Å². The number of hydrogen-bond donors (Lipinski definition) is 0. The van der Waals surface area contributed by atoms with Gasteiger partial charge in [-0.15, -0.1) is 0 Å². The lowest BCUT2D eigenvalue weighted by Crippen LogP contribution is -2.11. The van der Waals surface area contributed by atoms with E-state index >= 15 is 0 Å². The Morgan fingerprint density at radius 3 is 2.57 bits per heavy atom. The highest BCUT2D eigenvalue weighted by Crippen LogP contribution is 2.31. The van der Waals surface area contributed by atoms with E-state index in [1.165, 1.54) is 6.07 Å². The van der Waals surface area contributed by atoms with Crippen LogP contribution in [0.1, 0.15) is 17.0 Å². The minimum absolute atomic E-state index is 0.219. The molecule has 0 unspecified atom stereocenters. The van der Waals surface area contributed by atoms with Gasteiger partial charge in [0, 0.05) is 6.07 Å². The van der Waals surface area contributed by atoms with Gasteiger partial charge >= 0.3 is 6.18 Å². The third-order valence-corrected chi connectivity index (χ3v) is 2.65. The van der Waals surface area contributed by atoms with Crippen molar-refractivity contribution in [2.75, 3.05) is 0 Å². The molecular weight excluding hydrogens is 307 g/mol. The number of alkyl halides is 3. The molecule has 0 bridgehead atoms. The molecule has 0 radical (unpaired) electrons. The Labute approximate surface area is 122 Å². The number of rotatable bonds is 2. The van der Waals surface area contributed by atoms with Crippen LogP contribution in [0.15, 0.2) is 24.3 Å². The van der Waals surface area contributed by atoms with Crippen LogP contribution in [0.4, 0.5) is 13.2 Å². The summed E-state index contributed by atoms with van der Waals surface area (Å²) in [6.07, 6.45) is -4.73. The molecule has 21 heavy (non-hydrogen) atoms. The van der Waals surface area contributed by atoms with Gasteiger partial charge in [0.25, 0.3) is 0 Å². The molecule has 1 aromatic heterocycles. The summed E-state index contributed by atoms with van der Waals surface area (Å²) in [6.45, 7) is 1.68. The smallest absolute Gasteiger partial charge is 0.439 e. The summed E-state index contributed by atoms with van der Waals surface area (Å²) in [4.78, 5) is 6.37. The van der Waals surface area contributed by atoms with Gasteiger partial charge < -0.3 is 4.74 Å². The van der Waals surface area contributed by atoms with Crippen molar-refractivity contribution in [2.24, 2.45) is 0 Å². The predicted octanol–water partition coefficient (Wildman–Crippen LogP) is 4.12. The first kappa shape index (κ1) is 15.1. The zero-order valence-electron chi connectivity index (χ0n) is 10.6. The molecule has 0 fully saturated rings. The fourth-order valence-corrected chi connectivity index (χ4v) is 1.64. The van der Waals surface area contributed by atoms with Crippen molar-refractivity contribution in [2.45, 2.75) is 13.1 Å². The van der Waals surface area contributed by atoms with E-state index in [-0.39, 0.29) is 16.8 Å². The Morgan fingerprint density at radius 1 is 1.24 bits per heavy atom. The third kappa shape index (κ3) is 3.61. The molecule has 2 rings (SSSR count). The molecule has 0 aliphatic carbocycles. The highest BCUT2D eigenvalue weighted by molar-refractivity contribution is 6.29. The van der Waals surface area contributed by atoms with Gasteiger partial charge in [0.15, 0.2) is 0 Å². The van der Waals surface area contributed by atoms with Crippen LogP contribution in [0.5, 0.6) is 11.6 Å². The highest BCUT2D eigenvalue weighted by atomic mass is 35.5. The molecule has 0 spiro atoms. The molecule has 0 amide bonds. The molecule has 0 N–H and O–H groups in total. The second-order valence-corrected chi connectivity index (χ2v) is 4.43. The van der Waals surface area contributed by atoms with Crippen molar-refractivity contribution in [3.05, 3.63) is 46.4 Å². The quantitative estimate of drug-likeness (QED) is 0.782. The van der Waals surface area contributed by atoms with E-state index in [4.69, 9.17) is 21.6 Å². The van der Waals surface area contributed by atoms with Crippen LogP contribution >= 0.6 is 11.6 Å². The second kappa shape index (κ2) is 5.58. The Morgan fingerprint density at radius 2 is 1.95 bits per heavy atom. The largest absolute Gasteiger partial charge is 0.451 e. The summed E-state index contributed by atoms with van der Waals surface area (Å²) in [5.41, 5.74) is 0.948. The van der Waals surface area contributed by atoms with Crippen LogP contribution in [0, 0.1) is 18.3 Å². The molecule has 2 aromatic rings. The Bertz CT molecular complexity index is 726. The topological polar surface area (TPSA) is 58.8 Å². The average Bonchev–Trinajstić information content (AvgIpc) is 2.39. The first-order valence-electron chi connectivity index (χ1n) is 5.60. The number of aromatic nitrogens is 2. The van der Waals surface area contributed by atoms with Crippen LogP contribution in [-0.4, -0.2) is 9.97 Å². The molecule has 0 aliphatic heterocycles. The Balaban J connectivity index is 2.41. The maximum absolute atomic E-state index is 12.6. The van der Waals surface area contributed by atoms with Crippen molar-refractivity contribution in [3.63, 3.8) is 0 Å². The number of benzene rings is 1. The minimum Gasteiger partial charge on any atom is -0.439 e. The van der Waals surface area contributed by atoms with Gasteiger partial charge in [-0.25, -0.2) is 4.98 Å². The predicted molar refractivity (Wildman–Crippen MR) is 68.0 cm³/mol. The first-order chi connectivity index (χ1) is 9.79. The standard InChI is InChI=1S/C13H7ClF3N3O/c1-7-2-3-8(6-18)4-9(7)21-11-5-10(14)19-12(20-11)13(15,16)17/h2-5H,1H3. The van der Waals surface area contributed by atoms with E-state index < -0.39 is 12.0 Å². The lowest BCUT2D eigenvalue weighted by Gasteiger charge is -2.10. The van der Waals surface area contributed by atoms with Gasteiger partial charge in [0.05, 0.1) is 11.6 Å². The van der Waals surface area contributed by atoms with Gasteiger partial charge in [0.1, 0.15) is 10.9 Å². The van der Waals surface area contributed by atoms with Crippen molar-refractivity contribution in [3.8, 4) is 17.7 Å². The first-order valence-corrected chi connectivity index (χ1v) is 5.98. The number of hydrogen-bond acceptors (Lipinski definition) is 4. The highest BCUT2D eigenvalue weighted by Gasteiger charge is 2.35. The lowest BCUT2D eigenvalue weighted by atomic mass is 10.1. The Kier molecular flexibility index (Phi) is 4.00. The second-order valence-electron chi connectivity index (χ2n) is 4.04. The van der Waals surface area contributed by atoms with Gasteiger partial charge in [-0.1, -0.05) is 17.7 Å². The molecule has 0 saturated heterocycles. The summed E-state index contributed by atoms with van der Waals surface area (Å²) in [6, 6.07) is 7.55. The number of halogens is 4. The van der Waals surface area contributed by atoms with E-state index in [0.717, 1.165) is 6.07 Å². The molecule has 1 heterocycles. The van der Waals surface area contributed by atoms with Crippen molar-refractivity contribution < 1.29 is 17.9 Å². The number of nitriles is 1. The van der Waals surface area contributed by atoms with Gasteiger partial charge in [0.2, 0.25) is 11.7 Å². The Hall–Kier alpha value is -2.33. The maximum Gasteiger partial charge on any atom is 0.451 e. The zero-order chi connectivity index (χ0) is 15.6.